The van der Waals surface area contributed by atoms with Crippen LogP contribution in [0.4, 0.5) is 0 Å². The van der Waals surface area contributed by atoms with E-state index in [0.717, 1.165) is 6.61 Å². The zero-order valence-corrected chi connectivity index (χ0v) is 8.44. The molecule has 0 aliphatic carbocycles. The number of hydrogen-bond acceptors (Lipinski definition) is 1. The minimum absolute atomic E-state index is 0.429. The Morgan fingerprint density at radius 2 is 1.55 bits per heavy atom. The SMILES string of the molecule is CCCC(C)(CCC)COC. The van der Waals surface area contributed by atoms with Gasteiger partial charge in [0.1, 0.15) is 0 Å². The van der Waals surface area contributed by atoms with Crippen LogP contribution in [0.15, 0.2) is 0 Å². The molecule has 0 saturated heterocycles. The molecule has 0 bridgehead atoms. The van der Waals surface area contributed by atoms with Gasteiger partial charge in [0.2, 0.25) is 0 Å². The van der Waals surface area contributed by atoms with Gasteiger partial charge in [-0.05, 0) is 18.3 Å². The van der Waals surface area contributed by atoms with Gasteiger partial charge in [-0.15, -0.1) is 0 Å². The lowest BCUT2D eigenvalue weighted by Gasteiger charge is -2.27. The van der Waals surface area contributed by atoms with Gasteiger partial charge in [-0.2, -0.15) is 0 Å². The molecule has 11 heavy (non-hydrogen) atoms. The summed E-state index contributed by atoms with van der Waals surface area (Å²) in [6.07, 6.45) is 5.10. The van der Waals surface area contributed by atoms with Gasteiger partial charge in [0.05, 0.1) is 6.61 Å². The van der Waals surface area contributed by atoms with Gasteiger partial charge in [-0.1, -0.05) is 33.6 Å². The Labute approximate surface area is 71.1 Å². The highest BCUT2D eigenvalue weighted by Gasteiger charge is 2.21. The molecule has 0 spiro atoms. The zero-order valence-electron chi connectivity index (χ0n) is 8.44. The molecule has 0 aromatic carbocycles. The number of methoxy groups -OCH3 is 1. The summed E-state index contributed by atoms with van der Waals surface area (Å²) in [4.78, 5) is 0. The Morgan fingerprint density at radius 1 is 1.09 bits per heavy atom. The lowest BCUT2D eigenvalue weighted by atomic mass is 9.82. The van der Waals surface area contributed by atoms with Crippen LogP contribution in [-0.2, 0) is 4.74 Å². The second kappa shape index (κ2) is 5.59. The van der Waals surface area contributed by atoms with E-state index in [1.165, 1.54) is 25.7 Å². The van der Waals surface area contributed by atoms with Crippen LogP contribution in [0.3, 0.4) is 0 Å². The van der Waals surface area contributed by atoms with Crippen molar-refractivity contribution in [1.29, 1.82) is 0 Å². The first kappa shape index (κ1) is 11.0. The molecule has 0 aromatic rings. The number of rotatable bonds is 6. The Hall–Kier alpha value is -0.0400. The third-order valence-corrected chi connectivity index (χ3v) is 2.20. The lowest BCUT2D eigenvalue weighted by Crippen LogP contribution is -2.22. The smallest absolute Gasteiger partial charge is 0.0515 e. The van der Waals surface area contributed by atoms with Gasteiger partial charge < -0.3 is 4.74 Å². The first-order chi connectivity index (χ1) is 5.18. The summed E-state index contributed by atoms with van der Waals surface area (Å²) in [5.74, 6) is 0. The van der Waals surface area contributed by atoms with E-state index >= 15 is 0 Å². The average molecular weight is 158 g/mol. The zero-order chi connectivity index (χ0) is 8.74. The molecule has 0 fully saturated rings. The van der Waals surface area contributed by atoms with Crippen LogP contribution in [0.5, 0.6) is 0 Å². The minimum atomic E-state index is 0.429. The largest absolute Gasteiger partial charge is 0.384 e. The highest BCUT2D eigenvalue weighted by molar-refractivity contribution is 4.72. The van der Waals surface area contributed by atoms with E-state index in [2.05, 4.69) is 20.8 Å². The fourth-order valence-electron chi connectivity index (χ4n) is 1.82. The van der Waals surface area contributed by atoms with Gasteiger partial charge in [-0.25, -0.2) is 0 Å². The van der Waals surface area contributed by atoms with Crippen molar-refractivity contribution in [2.24, 2.45) is 5.41 Å². The Kier molecular flexibility index (Phi) is 5.57. The summed E-state index contributed by atoms with van der Waals surface area (Å²) in [7, 11) is 1.80. The van der Waals surface area contributed by atoms with E-state index in [4.69, 9.17) is 4.74 Å². The van der Waals surface area contributed by atoms with Crippen LogP contribution >= 0.6 is 0 Å². The lowest BCUT2D eigenvalue weighted by molar-refractivity contribution is 0.0774. The summed E-state index contributed by atoms with van der Waals surface area (Å²) < 4.78 is 5.21. The molecule has 0 unspecified atom stereocenters. The Balaban J connectivity index is 3.79. The van der Waals surface area contributed by atoms with E-state index in [9.17, 15) is 0 Å². The van der Waals surface area contributed by atoms with E-state index in [1.807, 2.05) is 0 Å². The predicted molar refractivity (Wildman–Crippen MR) is 49.8 cm³/mol. The fourth-order valence-corrected chi connectivity index (χ4v) is 1.82. The van der Waals surface area contributed by atoms with Crippen LogP contribution < -0.4 is 0 Å². The number of ether oxygens (including phenoxy) is 1. The topological polar surface area (TPSA) is 9.23 Å². The third-order valence-electron chi connectivity index (χ3n) is 2.20. The molecule has 1 heteroatoms. The molecule has 0 heterocycles. The van der Waals surface area contributed by atoms with Crippen molar-refractivity contribution in [2.45, 2.75) is 46.5 Å². The molecule has 0 saturated carbocycles. The molecule has 0 N–H and O–H groups in total. The van der Waals surface area contributed by atoms with Crippen molar-refractivity contribution in [3.05, 3.63) is 0 Å². The Morgan fingerprint density at radius 3 is 1.82 bits per heavy atom. The minimum Gasteiger partial charge on any atom is -0.384 e. The van der Waals surface area contributed by atoms with E-state index in [1.54, 1.807) is 7.11 Å². The molecule has 0 aromatic heterocycles. The van der Waals surface area contributed by atoms with Crippen LogP contribution in [0.1, 0.15) is 46.5 Å². The van der Waals surface area contributed by atoms with E-state index in [-0.39, 0.29) is 0 Å². The van der Waals surface area contributed by atoms with Crippen molar-refractivity contribution in [3.8, 4) is 0 Å². The van der Waals surface area contributed by atoms with Crippen molar-refractivity contribution in [1.82, 2.24) is 0 Å². The van der Waals surface area contributed by atoms with Gasteiger partial charge >= 0.3 is 0 Å². The summed E-state index contributed by atoms with van der Waals surface area (Å²) >= 11 is 0. The van der Waals surface area contributed by atoms with Gasteiger partial charge in [-0.3, -0.25) is 0 Å². The van der Waals surface area contributed by atoms with Gasteiger partial charge in [0, 0.05) is 7.11 Å². The van der Waals surface area contributed by atoms with Crippen molar-refractivity contribution in [3.63, 3.8) is 0 Å². The molecule has 0 aliphatic heterocycles. The number of hydrogen-bond donors (Lipinski definition) is 0. The van der Waals surface area contributed by atoms with Gasteiger partial charge in [0.25, 0.3) is 0 Å². The molecule has 0 atom stereocenters. The fraction of sp³-hybridized carbons (Fsp3) is 1.00. The second-order valence-corrected chi connectivity index (χ2v) is 3.74. The molecule has 68 valence electrons. The van der Waals surface area contributed by atoms with E-state index < -0.39 is 0 Å². The first-order valence-electron chi connectivity index (χ1n) is 4.67. The van der Waals surface area contributed by atoms with Crippen LogP contribution in [0.25, 0.3) is 0 Å². The van der Waals surface area contributed by atoms with E-state index in [0.29, 0.717) is 5.41 Å². The molecule has 0 rings (SSSR count). The predicted octanol–water partition coefficient (Wildman–Crippen LogP) is 3.24. The molecule has 1 nitrogen and oxygen atoms in total. The normalized spacial score (nSPS) is 12.0. The second-order valence-electron chi connectivity index (χ2n) is 3.74. The Bertz CT molecular complexity index is 71.9. The average Bonchev–Trinajstić information content (AvgIpc) is 1.88. The maximum Gasteiger partial charge on any atom is 0.0515 e. The maximum absolute atomic E-state index is 5.21. The van der Waals surface area contributed by atoms with Crippen molar-refractivity contribution < 1.29 is 4.74 Å². The monoisotopic (exact) mass is 158 g/mol. The first-order valence-corrected chi connectivity index (χ1v) is 4.67. The molecule has 0 amide bonds. The quantitative estimate of drug-likeness (QED) is 0.576. The summed E-state index contributed by atoms with van der Waals surface area (Å²) in [5.41, 5.74) is 0.429. The standard InChI is InChI=1S/C10H22O/c1-5-7-10(3,8-6-2)9-11-4/h5-9H2,1-4H3. The van der Waals surface area contributed by atoms with Crippen molar-refractivity contribution in [2.75, 3.05) is 13.7 Å². The highest BCUT2D eigenvalue weighted by Crippen LogP contribution is 2.28. The molecular weight excluding hydrogens is 136 g/mol. The maximum atomic E-state index is 5.21. The third kappa shape index (κ3) is 4.41. The highest BCUT2D eigenvalue weighted by atomic mass is 16.5. The summed E-state index contributed by atoms with van der Waals surface area (Å²) in [6.45, 7) is 7.71. The molecule has 0 aliphatic rings. The molecular formula is C10H22O. The summed E-state index contributed by atoms with van der Waals surface area (Å²) in [6, 6.07) is 0. The van der Waals surface area contributed by atoms with Crippen LogP contribution in [-0.4, -0.2) is 13.7 Å². The van der Waals surface area contributed by atoms with Crippen LogP contribution in [0.2, 0.25) is 0 Å². The molecule has 0 radical (unpaired) electrons. The summed E-state index contributed by atoms with van der Waals surface area (Å²) in [5, 5.41) is 0. The van der Waals surface area contributed by atoms with Crippen LogP contribution in [0, 0.1) is 5.41 Å². The van der Waals surface area contributed by atoms with Crippen molar-refractivity contribution >= 4 is 0 Å². The van der Waals surface area contributed by atoms with Gasteiger partial charge in [0.15, 0.2) is 0 Å².